The van der Waals surface area contributed by atoms with Crippen molar-refractivity contribution in [3.05, 3.63) is 29.8 Å². The van der Waals surface area contributed by atoms with Crippen molar-refractivity contribution >= 4 is 11.6 Å². The van der Waals surface area contributed by atoms with E-state index in [1.165, 1.54) is 12.8 Å². The van der Waals surface area contributed by atoms with Crippen LogP contribution in [0.1, 0.15) is 25.3 Å². The number of amides is 1. The Morgan fingerprint density at radius 3 is 3.00 bits per heavy atom. The molecule has 4 nitrogen and oxygen atoms in total. The van der Waals surface area contributed by atoms with Crippen LogP contribution in [-0.2, 0) is 16.1 Å². The van der Waals surface area contributed by atoms with Gasteiger partial charge in [0.05, 0.1) is 13.2 Å². The number of carbonyl (C=O) groups is 1. The predicted molar refractivity (Wildman–Crippen MR) is 69.1 cm³/mol. The molecule has 0 radical (unpaired) electrons. The quantitative estimate of drug-likeness (QED) is 0.810. The molecule has 0 aromatic heterocycles. The van der Waals surface area contributed by atoms with Gasteiger partial charge < -0.3 is 15.2 Å². The lowest BCUT2D eigenvalue weighted by Gasteiger charge is -2.13. The van der Waals surface area contributed by atoms with Crippen LogP contribution in [0.15, 0.2) is 24.3 Å². The second-order valence-electron chi connectivity index (χ2n) is 4.77. The summed E-state index contributed by atoms with van der Waals surface area (Å²) in [5.74, 6) is 0.503. The van der Waals surface area contributed by atoms with Crippen molar-refractivity contribution in [3.63, 3.8) is 0 Å². The summed E-state index contributed by atoms with van der Waals surface area (Å²) < 4.78 is 5.50. The Bertz CT molecular complexity index is 415. The van der Waals surface area contributed by atoms with Crippen molar-refractivity contribution in [2.24, 2.45) is 5.92 Å². The van der Waals surface area contributed by atoms with Crippen LogP contribution in [0, 0.1) is 5.92 Å². The van der Waals surface area contributed by atoms with Crippen molar-refractivity contribution in [2.75, 3.05) is 11.9 Å². The number of carbonyl (C=O) groups excluding carboxylic acids is 1. The summed E-state index contributed by atoms with van der Waals surface area (Å²) >= 11 is 0. The Balaban J connectivity index is 1.84. The number of nitrogens with one attached hydrogen (secondary N) is 1. The van der Waals surface area contributed by atoms with Crippen LogP contribution in [0.4, 0.5) is 5.69 Å². The van der Waals surface area contributed by atoms with Crippen LogP contribution in [0.25, 0.3) is 0 Å². The molecule has 0 spiro atoms. The van der Waals surface area contributed by atoms with Crippen LogP contribution in [0.5, 0.6) is 0 Å². The molecule has 1 aromatic rings. The van der Waals surface area contributed by atoms with E-state index < -0.39 is 6.10 Å². The van der Waals surface area contributed by atoms with E-state index in [9.17, 15) is 4.79 Å². The standard InChI is InChI=1S/C14H19NO3/c1-10(18-9-11-5-6-11)14(17)15-13-4-2-3-12(7-13)8-16/h2-4,7,10-11,16H,5-6,8-9H2,1H3,(H,15,17)/t10-/m0/s1. The molecule has 1 saturated carbocycles. The molecule has 1 amide bonds. The van der Waals surface area contributed by atoms with Crippen molar-refractivity contribution < 1.29 is 14.6 Å². The van der Waals surface area contributed by atoms with Gasteiger partial charge in [-0.15, -0.1) is 0 Å². The molecular weight excluding hydrogens is 230 g/mol. The van der Waals surface area contributed by atoms with Crippen LogP contribution in [0.3, 0.4) is 0 Å². The lowest BCUT2D eigenvalue weighted by Crippen LogP contribution is -2.28. The number of hydrogen-bond acceptors (Lipinski definition) is 3. The number of aliphatic hydroxyl groups excluding tert-OH is 1. The predicted octanol–water partition coefficient (Wildman–Crippen LogP) is 1.93. The fourth-order valence-corrected chi connectivity index (χ4v) is 1.63. The zero-order valence-corrected chi connectivity index (χ0v) is 10.6. The highest BCUT2D eigenvalue weighted by Gasteiger charge is 2.24. The van der Waals surface area contributed by atoms with Gasteiger partial charge in [0.2, 0.25) is 0 Å². The van der Waals surface area contributed by atoms with E-state index in [0.717, 1.165) is 5.56 Å². The van der Waals surface area contributed by atoms with E-state index in [1.54, 1.807) is 25.1 Å². The minimum absolute atomic E-state index is 0.0303. The maximum atomic E-state index is 11.8. The second kappa shape index (κ2) is 5.98. The van der Waals surface area contributed by atoms with Crippen molar-refractivity contribution in [1.29, 1.82) is 0 Å². The molecule has 0 unspecified atom stereocenters. The van der Waals surface area contributed by atoms with Crippen molar-refractivity contribution in [2.45, 2.75) is 32.5 Å². The van der Waals surface area contributed by atoms with E-state index in [0.29, 0.717) is 18.2 Å². The average molecular weight is 249 g/mol. The Morgan fingerprint density at radius 2 is 2.33 bits per heavy atom. The largest absolute Gasteiger partial charge is 0.392 e. The van der Waals surface area contributed by atoms with Gasteiger partial charge in [-0.25, -0.2) is 0 Å². The minimum Gasteiger partial charge on any atom is -0.392 e. The molecule has 2 rings (SSSR count). The van der Waals surface area contributed by atoms with E-state index in [1.807, 2.05) is 6.07 Å². The highest BCUT2D eigenvalue weighted by Crippen LogP contribution is 2.29. The Morgan fingerprint density at radius 1 is 1.56 bits per heavy atom. The fourth-order valence-electron chi connectivity index (χ4n) is 1.63. The number of aliphatic hydroxyl groups is 1. The SMILES string of the molecule is C[C@H](OCC1CC1)C(=O)Nc1cccc(CO)c1. The summed E-state index contributed by atoms with van der Waals surface area (Å²) in [6.45, 7) is 2.40. The number of rotatable bonds is 6. The summed E-state index contributed by atoms with van der Waals surface area (Å²) in [5.41, 5.74) is 1.47. The zero-order valence-electron chi connectivity index (χ0n) is 10.6. The average Bonchev–Trinajstić information content (AvgIpc) is 3.20. The Labute approximate surface area is 107 Å². The first-order valence-electron chi connectivity index (χ1n) is 6.31. The molecule has 98 valence electrons. The molecular formula is C14H19NO3. The van der Waals surface area contributed by atoms with E-state index >= 15 is 0 Å². The van der Waals surface area contributed by atoms with Gasteiger partial charge in [-0.1, -0.05) is 12.1 Å². The van der Waals surface area contributed by atoms with Gasteiger partial charge in [-0.05, 0) is 43.4 Å². The van der Waals surface area contributed by atoms with Gasteiger partial charge in [-0.3, -0.25) is 4.79 Å². The lowest BCUT2D eigenvalue weighted by atomic mass is 10.2. The highest BCUT2D eigenvalue weighted by atomic mass is 16.5. The monoisotopic (exact) mass is 249 g/mol. The smallest absolute Gasteiger partial charge is 0.253 e. The van der Waals surface area contributed by atoms with Gasteiger partial charge in [0, 0.05) is 5.69 Å². The highest BCUT2D eigenvalue weighted by molar-refractivity contribution is 5.93. The molecule has 0 bridgehead atoms. The van der Waals surface area contributed by atoms with E-state index in [-0.39, 0.29) is 12.5 Å². The maximum Gasteiger partial charge on any atom is 0.253 e. The zero-order chi connectivity index (χ0) is 13.0. The second-order valence-corrected chi connectivity index (χ2v) is 4.77. The molecule has 0 saturated heterocycles. The third-order valence-corrected chi connectivity index (χ3v) is 3.03. The molecule has 4 heteroatoms. The Hall–Kier alpha value is -1.39. The molecule has 1 aliphatic rings. The number of benzene rings is 1. The third-order valence-electron chi connectivity index (χ3n) is 3.03. The number of hydrogen-bond donors (Lipinski definition) is 2. The summed E-state index contributed by atoms with van der Waals surface area (Å²) in [6, 6.07) is 7.16. The summed E-state index contributed by atoms with van der Waals surface area (Å²) in [7, 11) is 0. The first-order chi connectivity index (χ1) is 8.69. The lowest BCUT2D eigenvalue weighted by molar-refractivity contribution is -0.126. The van der Waals surface area contributed by atoms with Crippen LogP contribution in [-0.4, -0.2) is 23.7 Å². The molecule has 1 aromatic carbocycles. The topological polar surface area (TPSA) is 58.6 Å². The molecule has 0 aliphatic heterocycles. The van der Waals surface area contributed by atoms with Crippen molar-refractivity contribution in [3.8, 4) is 0 Å². The first-order valence-corrected chi connectivity index (χ1v) is 6.31. The van der Waals surface area contributed by atoms with Gasteiger partial charge in [0.15, 0.2) is 0 Å². The molecule has 2 N–H and O–H groups in total. The maximum absolute atomic E-state index is 11.8. The minimum atomic E-state index is -0.441. The summed E-state index contributed by atoms with van der Waals surface area (Å²) in [5, 5.41) is 11.8. The normalized spacial score (nSPS) is 16.3. The van der Waals surface area contributed by atoms with Crippen LogP contribution >= 0.6 is 0 Å². The number of ether oxygens (including phenoxy) is 1. The molecule has 0 heterocycles. The first kappa shape index (κ1) is 13.1. The van der Waals surface area contributed by atoms with Gasteiger partial charge in [0.25, 0.3) is 5.91 Å². The van der Waals surface area contributed by atoms with Gasteiger partial charge in [-0.2, -0.15) is 0 Å². The molecule has 1 atom stereocenters. The van der Waals surface area contributed by atoms with Gasteiger partial charge >= 0.3 is 0 Å². The number of anilines is 1. The molecule has 1 aliphatic carbocycles. The van der Waals surface area contributed by atoms with Crippen molar-refractivity contribution in [1.82, 2.24) is 0 Å². The van der Waals surface area contributed by atoms with Crippen LogP contribution in [0.2, 0.25) is 0 Å². The third kappa shape index (κ3) is 3.82. The van der Waals surface area contributed by atoms with E-state index in [2.05, 4.69) is 5.32 Å². The van der Waals surface area contributed by atoms with Crippen LogP contribution < -0.4 is 5.32 Å². The summed E-state index contributed by atoms with van der Waals surface area (Å²) in [6.07, 6.45) is 1.99. The Kier molecular flexibility index (Phi) is 4.33. The fraction of sp³-hybridized carbons (Fsp3) is 0.500. The van der Waals surface area contributed by atoms with E-state index in [4.69, 9.17) is 9.84 Å². The molecule has 1 fully saturated rings. The molecule has 18 heavy (non-hydrogen) atoms. The van der Waals surface area contributed by atoms with Gasteiger partial charge in [0.1, 0.15) is 6.10 Å². The summed E-state index contributed by atoms with van der Waals surface area (Å²) in [4.78, 5) is 11.8.